The van der Waals surface area contributed by atoms with Gasteiger partial charge in [0, 0.05) is 16.8 Å². The summed E-state index contributed by atoms with van der Waals surface area (Å²) in [6.07, 6.45) is 1.69. The molecule has 0 saturated carbocycles. The summed E-state index contributed by atoms with van der Waals surface area (Å²) in [5, 5.41) is 19.6. The number of benzene rings is 1. The number of halogens is 1. The lowest BCUT2D eigenvalue weighted by molar-refractivity contribution is 0.411. The lowest BCUT2D eigenvalue weighted by Crippen LogP contribution is -1.88. The largest absolute Gasteiger partial charge is 0.416 e. The van der Waals surface area contributed by atoms with E-state index in [0.29, 0.717) is 32.2 Å². The molecule has 5 nitrogen and oxygen atoms in total. The van der Waals surface area contributed by atoms with Crippen molar-refractivity contribution in [1.82, 2.24) is 15.2 Å². The van der Waals surface area contributed by atoms with Crippen LogP contribution < -0.4 is 0 Å². The predicted molar refractivity (Wildman–Crippen MR) is 83.9 cm³/mol. The van der Waals surface area contributed by atoms with Crippen LogP contribution in [0.5, 0.6) is 0 Å². The highest BCUT2D eigenvalue weighted by molar-refractivity contribution is 7.99. The highest BCUT2D eigenvalue weighted by Gasteiger charge is 2.11. The van der Waals surface area contributed by atoms with E-state index in [1.54, 1.807) is 24.3 Å². The lowest BCUT2D eigenvalue weighted by Gasteiger charge is -2.03. The molecule has 0 spiro atoms. The van der Waals surface area contributed by atoms with Gasteiger partial charge in [-0.2, -0.15) is 5.26 Å². The molecule has 2 heterocycles. The van der Waals surface area contributed by atoms with Crippen LogP contribution in [0.1, 0.15) is 24.8 Å². The summed E-state index contributed by atoms with van der Waals surface area (Å²) in [6.45, 7) is 2.05. The van der Waals surface area contributed by atoms with Crippen LogP contribution in [0.4, 0.5) is 0 Å². The first-order chi connectivity index (χ1) is 10.7. The highest BCUT2D eigenvalue weighted by Crippen LogP contribution is 2.30. The molecule has 0 aliphatic carbocycles. The van der Waals surface area contributed by atoms with Gasteiger partial charge < -0.3 is 4.42 Å². The van der Waals surface area contributed by atoms with Gasteiger partial charge in [-0.15, -0.1) is 10.2 Å². The molecule has 0 bridgehead atoms. The van der Waals surface area contributed by atoms with Gasteiger partial charge in [0.1, 0.15) is 5.03 Å². The molecule has 0 radical (unpaired) electrons. The Bertz CT molecular complexity index is 872. The van der Waals surface area contributed by atoms with E-state index >= 15 is 0 Å². The minimum absolute atomic E-state index is 0.424. The lowest BCUT2D eigenvalue weighted by atomic mass is 10.1. The van der Waals surface area contributed by atoms with E-state index in [-0.39, 0.29) is 0 Å². The molecule has 0 fully saturated rings. The summed E-state index contributed by atoms with van der Waals surface area (Å²) in [6, 6.07) is 9.15. The van der Waals surface area contributed by atoms with E-state index < -0.39 is 0 Å². The molecule has 2 aromatic heterocycles. The Morgan fingerprint density at radius 1 is 1.32 bits per heavy atom. The van der Waals surface area contributed by atoms with Crippen molar-refractivity contribution in [3.8, 4) is 6.07 Å². The molecule has 0 amide bonds. The van der Waals surface area contributed by atoms with Crippen molar-refractivity contribution in [2.45, 2.75) is 30.0 Å². The Balaban J connectivity index is 1.97. The molecule has 0 N–H and O–H groups in total. The Labute approximate surface area is 136 Å². The fourth-order valence-corrected chi connectivity index (χ4v) is 2.89. The average Bonchev–Trinajstić information content (AvgIpc) is 2.94. The second-order valence-electron chi connectivity index (χ2n) is 4.60. The standard InChI is InChI=1S/C15H11ClN4OS/c1-2-3-13-19-20-15(21-13)22-14-6-9(8-17)11-7-10(16)4-5-12(11)18-14/h4-7H,2-3H2,1H3. The Morgan fingerprint density at radius 3 is 2.95 bits per heavy atom. The van der Waals surface area contributed by atoms with E-state index in [1.165, 1.54) is 11.8 Å². The summed E-state index contributed by atoms with van der Waals surface area (Å²) >= 11 is 7.22. The van der Waals surface area contributed by atoms with Crippen molar-refractivity contribution in [2.24, 2.45) is 0 Å². The van der Waals surface area contributed by atoms with E-state index in [1.807, 2.05) is 6.92 Å². The van der Waals surface area contributed by atoms with Crippen LogP contribution in [-0.2, 0) is 6.42 Å². The van der Waals surface area contributed by atoms with Crippen LogP contribution >= 0.6 is 23.4 Å². The van der Waals surface area contributed by atoms with Crippen LogP contribution in [-0.4, -0.2) is 15.2 Å². The molecular weight excluding hydrogens is 320 g/mol. The van der Waals surface area contributed by atoms with Crippen LogP contribution in [0, 0.1) is 11.3 Å². The number of rotatable bonds is 4. The first-order valence-electron chi connectivity index (χ1n) is 6.70. The molecule has 22 heavy (non-hydrogen) atoms. The monoisotopic (exact) mass is 330 g/mol. The summed E-state index contributed by atoms with van der Waals surface area (Å²) in [4.78, 5) is 4.50. The maximum Gasteiger partial charge on any atom is 0.282 e. The Morgan fingerprint density at radius 2 is 2.18 bits per heavy atom. The Hall–Kier alpha value is -2.10. The molecule has 0 aliphatic rings. The third-order valence-electron chi connectivity index (χ3n) is 2.97. The van der Waals surface area contributed by atoms with Gasteiger partial charge in [-0.05, 0) is 42.4 Å². The van der Waals surface area contributed by atoms with E-state index in [2.05, 4.69) is 21.3 Å². The zero-order valence-electron chi connectivity index (χ0n) is 11.7. The molecule has 0 saturated heterocycles. The maximum absolute atomic E-state index is 9.31. The number of hydrogen-bond donors (Lipinski definition) is 0. The quantitative estimate of drug-likeness (QED) is 0.712. The first kappa shape index (κ1) is 14.8. The van der Waals surface area contributed by atoms with Crippen LogP contribution in [0.3, 0.4) is 0 Å². The van der Waals surface area contributed by atoms with E-state index in [4.69, 9.17) is 16.0 Å². The summed E-state index contributed by atoms with van der Waals surface area (Å²) < 4.78 is 5.53. The topological polar surface area (TPSA) is 75.6 Å². The predicted octanol–water partition coefficient (Wildman–Crippen LogP) is 4.25. The number of fused-ring (bicyclic) bond motifs is 1. The van der Waals surface area contributed by atoms with Crippen molar-refractivity contribution >= 4 is 34.3 Å². The third kappa shape index (κ3) is 3.06. The molecule has 0 aliphatic heterocycles. The molecule has 7 heteroatoms. The molecule has 3 aromatic rings. The summed E-state index contributed by atoms with van der Waals surface area (Å²) in [7, 11) is 0. The third-order valence-corrected chi connectivity index (χ3v) is 3.96. The van der Waals surface area contributed by atoms with Gasteiger partial charge in [0.25, 0.3) is 5.22 Å². The van der Waals surface area contributed by atoms with Crippen LogP contribution in [0.15, 0.2) is 38.9 Å². The molecule has 0 atom stereocenters. The number of pyridine rings is 1. The molecule has 110 valence electrons. The first-order valence-corrected chi connectivity index (χ1v) is 7.89. The smallest absolute Gasteiger partial charge is 0.282 e. The van der Waals surface area contributed by atoms with Crippen molar-refractivity contribution in [3.63, 3.8) is 0 Å². The van der Waals surface area contributed by atoms with Crippen LogP contribution in [0.2, 0.25) is 5.02 Å². The zero-order chi connectivity index (χ0) is 15.5. The van der Waals surface area contributed by atoms with Gasteiger partial charge in [0.15, 0.2) is 0 Å². The second kappa shape index (κ2) is 6.34. The van der Waals surface area contributed by atoms with Gasteiger partial charge in [-0.3, -0.25) is 0 Å². The van der Waals surface area contributed by atoms with Crippen molar-refractivity contribution in [3.05, 3.63) is 40.7 Å². The van der Waals surface area contributed by atoms with E-state index in [0.717, 1.165) is 18.2 Å². The van der Waals surface area contributed by atoms with Gasteiger partial charge in [-0.1, -0.05) is 18.5 Å². The number of hydrogen-bond acceptors (Lipinski definition) is 6. The molecular formula is C15H11ClN4OS. The molecule has 1 aromatic carbocycles. The zero-order valence-corrected chi connectivity index (χ0v) is 13.3. The van der Waals surface area contributed by atoms with Gasteiger partial charge in [-0.25, -0.2) is 4.98 Å². The van der Waals surface area contributed by atoms with E-state index in [9.17, 15) is 5.26 Å². The van der Waals surface area contributed by atoms with Gasteiger partial charge in [0.05, 0.1) is 17.1 Å². The number of aromatic nitrogens is 3. The maximum atomic E-state index is 9.31. The summed E-state index contributed by atoms with van der Waals surface area (Å²) in [5.74, 6) is 0.609. The summed E-state index contributed by atoms with van der Waals surface area (Å²) in [5.41, 5.74) is 1.22. The SMILES string of the molecule is CCCc1nnc(Sc2cc(C#N)c3cc(Cl)ccc3n2)o1. The fraction of sp³-hybridized carbons (Fsp3) is 0.200. The van der Waals surface area contributed by atoms with Gasteiger partial charge >= 0.3 is 0 Å². The van der Waals surface area contributed by atoms with Gasteiger partial charge in [0.2, 0.25) is 5.89 Å². The molecule has 3 rings (SSSR count). The van der Waals surface area contributed by atoms with Crippen molar-refractivity contribution in [2.75, 3.05) is 0 Å². The highest BCUT2D eigenvalue weighted by atomic mass is 35.5. The number of aryl methyl sites for hydroxylation is 1. The molecule has 0 unspecified atom stereocenters. The Kier molecular flexibility index (Phi) is 4.27. The second-order valence-corrected chi connectivity index (χ2v) is 6.00. The average molecular weight is 331 g/mol. The number of nitrogens with zero attached hydrogens (tertiary/aromatic N) is 4. The minimum atomic E-state index is 0.424. The van der Waals surface area contributed by atoms with Crippen molar-refractivity contribution < 1.29 is 4.42 Å². The van der Waals surface area contributed by atoms with Crippen molar-refractivity contribution in [1.29, 1.82) is 5.26 Å². The number of nitriles is 1. The fourth-order valence-electron chi connectivity index (χ4n) is 2.00. The van der Waals surface area contributed by atoms with Crippen LogP contribution in [0.25, 0.3) is 10.9 Å². The normalized spacial score (nSPS) is 10.8. The minimum Gasteiger partial charge on any atom is -0.416 e.